The molecule has 0 saturated carbocycles. The van der Waals surface area contributed by atoms with Gasteiger partial charge in [0.05, 0.1) is 5.69 Å². The molecule has 0 fully saturated rings. The van der Waals surface area contributed by atoms with Crippen LogP contribution in [0.1, 0.15) is 30.0 Å². The maximum atomic E-state index is 11.2. The summed E-state index contributed by atoms with van der Waals surface area (Å²) in [4.78, 5) is 15.3. The second kappa shape index (κ2) is 4.51. The van der Waals surface area contributed by atoms with E-state index in [1.165, 1.54) is 21.1 Å². The summed E-state index contributed by atoms with van der Waals surface area (Å²) >= 11 is 0. The van der Waals surface area contributed by atoms with Crippen molar-refractivity contribution in [3.63, 3.8) is 0 Å². The highest BCUT2D eigenvalue weighted by molar-refractivity contribution is 5.92. The Morgan fingerprint density at radius 1 is 1.33 bits per heavy atom. The summed E-state index contributed by atoms with van der Waals surface area (Å²) in [6.45, 7) is 3.22. The molecular weight excluding hydrogens is 194 g/mol. The molecule has 0 atom stereocenters. The van der Waals surface area contributed by atoms with Crippen LogP contribution in [-0.2, 0) is 15.3 Å². The van der Waals surface area contributed by atoms with Gasteiger partial charge in [0.25, 0.3) is 0 Å². The molecule has 1 aromatic heterocycles. The number of hydrogen-bond donors (Lipinski definition) is 0. The highest BCUT2D eigenvalue weighted by Gasteiger charge is 2.27. The van der Waals surface area contributed by atoms with Gasteiger partial charge >= 0.3 is 0 Å². The highest BCUT2D eigenvalue weighted by atomic mass is 16.7. The molecule has 4 heteroatoms. The molecule has 0 aliphatic heterocycles. The minimum absolute atomic E-state index is 0.0774. The smallest absolute Gasteiger partial charge is 0.208 e. The van der Waals surface area contributed by atoms with E-state index in [0.29, 0.717) is 11.4 Å². The van der Waals surface area contributed by atoms with E-state index < -0.39 is 5.79 Å². The van der Waals surface area contributed by atoms with Crippen molar-refractivity contribution in [2.24, 2.45) is 0 Å². The van der Waals surface area contributed by atoms with E-state index in [1.807, 2.05) is 0 Å². The second-order valence-electron chi connectivity index (χ2n) is 3.32. The van der Waals surface area contributed by atoms with E-state index >= 15 is 0 Å². The summed E-state index contributed by atoms with van der Waals surface area (Å²) in [7, 11) is 3.07. The van der Waals surface area contributed by atoms with Gasteiger partial charge in [0.2, 0.25) is 5.79 Å². The predicted octanol–water partition coefficient (Wildman–Crippen LogP) is 1.75. The minimum Gasteiger partial charge on any atom is -0.348 e. The molecule has 0 spiro atoms. The number of Topliss-reactive ketones (excluding diaryl/α,β-unsaturated/α-hetero) is 1. The molecule has 1 rings (SSSR count). The standard InChI is InChI=1S/C11H15NO3/c1-8(13)9-6-5-7-10(12-9)11(2,14-3)15-4/h5-7H,1-4H3. The molecule has 82 valence electrons. The van der Waals surface area contributed by atoms with Gasteiger partial charge in [0.1, 0.15) is 5.69 Å². The Bertz CT molecular complexity index is 359. The lowest BCUT2D eigenvalue weighted by atomic mass is 10.1. The van der Waals surface area contributed by atoms with Crippen molar-refractivity contribution in [2.45, 2.75) is 19.6 Å². The molecule has 0 unspecified atom stereocenters. The average molecular weight is 209 g/mol. The summed E-state index contributed by atoms with van der Waals surface area (Å²) in [5.74, 6) is -0.989. The van der Waals surface area contributed by atoms with Crippen LogP contribution in [0.4, 0.5) is 0 Å². The van der Waals surface area contributed by atoms with Crippen LogP contribution in [0.2, 0.25) is 0 Å². The number of aromatic nitrogens is 1. The monoisotopic (exact) mass is 209 g/mol. The first kappa shape index (κ1) is 11.8. The van der Waals surface area contributed by atoms with Crippen molar-refractivity contribution >= 4 is 5.78 Å². The Labute approximate surface area is 89.2 Å². The molecule has 0 bridgehead atoms. The summed E-state index contributed by atoms with van der Waals surface area (Å²) in [5.41, 5.74) is 0.994. The third kappa shape index (κ3) is 2.40. The Balaban J connectivity index is 3.14. The fraction of sp³-hybridized carbons (Fsp3) is 0.455. The van der Waals surface area contributed by atoms with E-state index in [1.54, 1.807) is 25.1 Å². The lowest BCUT2D eigenvalue weighted by Crippen LogP contribution is -2.28. The van der Waals surface area contributed by atoms with Gasteiger partial charge in [-0.3, -0.25) is 4.79 Å². The highest BCUT2D eigenvalue weighted by Crippen LogP contribution is 2.23. The zero-order chi connectivity index (χ0) is 11.5. The second-order valence-corrected chi connectivity index (χ2v) is 3.32. The van der Waals surface area contributed by atoms with E-state index in [0.717, 1.165) is 0 Å². The van der Waals surface area contributed by atoms with Gasteiger partial charge < -0.3 is 9.47 Å². The van der Waals surface area contributed by atoms with Crippen LogP contribution in [0.15, 0.2) is 18.2 Å². The molecule has 0 N–H and O–H groups in total. The van der Waals surface area contributed by atoms with Crippen molar-refractivity contribution in [3.05, 3.63) is 29.6 Å². The topological polar surface area (TPSA) is 48.4 Å². The molecule has 0 radical (unpaired) electrons. The van der Waals surface area contributed by atoms with Crippen LogP contribution < -0.4 is 0 Å². The van der Waals surface area contributed by atoms with Crippen molar-refractivity contribution in [1.82, 2.24) is 4.98 Å². The first-order valence-corrected chi connectivity index (χ1v) is 4.62. The van der Waals surface area contributed by atoms with Crippen LogP contribution in [0.5, 0.6) is 0 Å². The summed E-state index contributed by atoms with van der Waals surface area (Å²) in [6, 6.07) is 5.19. The SMILES string of the molecule is COC(C)(OC)c1cccc(C(C)=O)n1. The third-order valence-corrected chi connectivity index (χ3v) is 2.35. The van der Waals surface area contributed by atoms with Crippen molar-refractivity contribution < 1.29 is 14.3 Å². The quantitative estimate of drug-likeness (QED) is 0.560. The number of rotatable bonds is 4. The number of nitrogens with zero attached hydrogens (tertiary/aromatic N) is 1. The van der Waals surface area contributed by atoms with E-state index in [-0.39, 0.29) is 5.78 Å². The lowest BCUT2D eigenvalue weighted by Gasteiger charge is -2.25. The number of ketones is 1. The van der Waals surface area contributed by atoms with Gasteiger partial charge in [-0.25, -0.2) is 4.98 Å². The normalized spacial score (nSPS) is 11.5. The Hall–Kier alpha value is -1.26. The molecule has 0 aliphatic rings. The maximum absolute atomic E-state index is 11.2. The molecule has 15 heavy (non-hydrogen) atoms. The molecule has 1 heterocycles. The van der Waals surface area contributed by atoms with Crippen molar-refractivity contribution in [3.8, 4) is 0 Å². The van der Waals surface area contributed by atoms with Gasteiger partial charge in [-0.05, 0) is 19.1 Å². The van der Waals surface area contributed by atoms with Gasteiger partial charge in [0, 0.05) is 21.1 Å². The van der Waals surface area contributed by atoms with E-state index in [9.17, 15) is 4.79 Å². The molecular formula is C11H15NO3. The van der Waals surface area contributed by atoms with Crippen LogP contribution in [-0.4, -0.2) is 25.0 Å². The van der Waals surface area contributed by atoms with Crippen molar-refractivity contribution in [2.75, 3.05) is 14.2 Å². The molecule has 0 amide bonds. The average Bonchev–Trinajstić information content (AvgIpc) is 2.28. The van der Waals surface area contributed by atoms with E-state index in [4.69, 9.17) is 9.47 Å². The van der Waals surface area contributed by atoms with E-state index in [2.05, 4.69) is 4.98 Å². The number of carbonyl (C=O) groups is 1. The fourth-order valence-electron chi connectivity index (χ4n) is 1.18. The Morgan fingerprint density at radius 3 is 2.40 bits per heavy atom. The van der Waals surface area contributed by atoms with Crippen LogP contribution in [0.3, 0.4) is 0 Å². The number of pyridine rings is 1. The molecule has 0 aromatic carbocycles. The minimum atomic E-state index is -0.911. The number of carbonyl (C=O) groups excluding carboxylic acids is 1. The lowest BCUT2D eigenvalue weighted by molar-refractivity contribution is -0.204. The molecule has 0 aliphatic carbocycles. The molecule has 4 nitrogen and oxygen atoms in total. The largest absolute Gasteiger partial charge is 0.348 e. The third-order valence-electron chi connectivity index (χ3n) is 2.35. The fourth-order valence-corrected chi connectivity index (χ4v) is 1.18. The van der Waals surface area contributed by atoms with Gasteiger partial charge in [0.15, 0.2) is 5.78 Å². The first-order valence-electron chi connectivity index (χ1n) is 4.62. The van der Waals surface area contributed by atoms with Gasteiger partial charge in [-0.2, -0.15) is 0 Å². The van der Waals surface area contributed by atoms with Crippen LogP contribution in [0.25, 0.3) is 0 Å². The number of ether oxygens (including phenoxy) is 2. The Morgan fingerprint density at radius 2 is 1.93 bits per heavy atom. The number of methoxy groups -OCH3 is 2. The number of hydrogen-bond acceptors (Lipinski definition) is 4. The summed E-state index contributed by atoms with van der Waals surface area (Å²) in [6.07, 6.45) is 0. The first-order chi connectivity index (χ1) is 7.03. The Kier molecular flexibility index (Phi) is 3.55. The summed E-state index contributed by atoms with van der Waals surface area (Å²) < 4.78 is 10.4. The van der Waals surface area contributed by atoms with Gasteiger partial charge in [-0.15, -0.1) is 0 Å². The van der Waals surface area contributed by atoms with Crippen LogP contribution in [0, 0.1) is 0 Å². The zero-order valence-corrected chi connectivity index (χ0v) is 9.40. The molecule has 1 aromatic rings. The zero-order valence-electron chi connectivity index (χ0n) is 9.40. The van der Waals surface area contributed by atoms with Gasteiger partial charge in [-0.1, -0.05) is 6.07 Å². The molecule has 0 saturated heterocycles. The summed E-state index contributed by atoms with van der Waals surface area (Å²) in [5, 5.41) is 0. The maximum Gasteiger partial charge on any atom is 0.208 e. The predicted molar refractivity (Wildman–Crippen MR) is 55.6 cm³/mol. The van der Waals surface area contributed by atoms with Crippen molar-refractivity contribution in [1.29, 1.82) is 0 Å². The van der Waals surface area contributed by atoms with Crippen LogP contribution >= 0.6 is 0 Å².